The quantitative estimate of drug-likeness (QED) is 0.472. The molecule has 0 rings (SSSR count). The third-order valence-corrected chi connectivity index (χ3v) is 3.45. The van der Waals surface area contributed by atoms with Crippen molar-refractivity contribution in [3.8, 4) is 0 Å². The smallest absolute Gasteiger partial charge is 0.00515 e. The second kappa shape index (κ2) is 13.0. The lowest BCUT2D eigenvalue weighted by Crippen LogP contribution is -2.10. The van der Waals surface area contributed by atoms with Crippen LogP contribution in [0.4, 0.5) is 0 Å². The highest BCUT2D eigenvalue weighted by atomic mass is 14.5. The van der Waals surface area contributed by atoms with Crippen molar-refractivity contribution in [3.63, 3.8) is 0 Å². The van der Waals surface area contributed by atoms with Crippen molar-refractivity contribution in [1.82, 2.24) is 0 Å². The van der Waals surface area contributed by atoms with Gasteiger partial charge in [-0.3, -0.25) is 0 Å². The van der Waals surface area contributed by atoms with Crippen LogP contribution in [0.2, 0.25) is 0 Å². The molecular formula is C15H33N. The van der Waals surface area contributed by atoms with Crippen LogP contribution in [0.1, 0.15) is 84.5 Å². The molecule has 98 valence electrons. The van der Waals surface area contributed by atoms with Crippen LogP contribution >= 0.6 is 0 Å². The highest BCUT2D eigenvalue weighted by Crippen LogP contribution is 2.13. The number of unbranched alkanes of at least 4 members (excludes halogenated alkanes) is 9. The Hall–Kier alpha value is -0.0400. The van der Waals surface area contributed by atoms with Gasteiger partial charge in [0.2, 0.25) is 0 Å². The standard InChI is InChI=1S/C15H33N/c1-3-4-5-6-7-8-9-10-11-12-13-15(2)14-16/h15H,3-14,16H2,1-2H3. The van der Waals surface area contributed by atoms with E-state index >= 15 is 0 Å². The van der Waals surface area contributed by atoms with Gasteiger partial charge < -0.3 is 5.73 Å². The van der Waals surface area contributed by atoms with E-state index < -0.39 is 0 Å². The topological polar surface area (TPSA) is 26.0 Å². The van der Waals surface area contributed by atoms with E-state index in [1.165, 1.54) is 70.6 Å². The van der Waals surface area contributed by atoms with Gasteiger partial charge in [0.1, 0.15) is 0 Å². The highest BCUT2D eigenvalue weighted by Gasteiger charge is 1.98. The molecule has 16 heavy (non-hydrogen) atoms. The van der Waals surface area contributed by atoms with Gasteiger partial charge in [-0.2, -0.15) is 0 Å². The molecule has 0 amide bonds. The second-order valence-corrected chi connectivity index (χ2v) is 5.31. The fraction of sp³-hybridized carbons (Fsp3) is 1.00. The van der Waals surface area contributed by atoms with Crippen LogP contribution in [0.3, 0.4) is 0 Å². The largest absolute Gasteiger partial charge is 0.330 e. The molecule has 1 heteroatoms. The highest BCUT2D eigenvalue weighted by molar-refractivity contribution is 4.54. The summed E-state index contributed by atoms with van der Waals surface area (Å²) in [7, 11) is 0. The first kappa shape index (κ1) is 16.0. The van der Waals surface area contributed by atoms with Gasteiger partial charge in [0.05, 0.1) is 0 Å². The van der Waals surface area contributed by atoms with Crippen molar-refractivity contribution in [2.24, 2.45) is 11.7 Å². The van der Waals surface area contributed by atoms with Gasteiger partial charge in [0, 0.05) is 0 Å². The van der Waals surface area contributed by atoms with Crippen molar-refractivity contribution < 1.29 is 0 Å². The van der Waals surface area contributed by atoms with Crippen LogP contribution in [0, 0.1) is 5.92 Å². The molecule has 0 aromatic carbocycles. The maximum atomic E-state index is 5.59. The molecule has 0 saturated heterocycles. The van der Waals surface area contributed by atoms with E-state index in [-0.39, 0.29) is 0 Å². The van der Waals surface area contributed by atoms with E-state index in [0.717, 1.165) is 12.5 Å². The Labute approximate surface area is 103 Å². The molecule has 0 radical (unpaired) electrons. The molecule has 0 bridgehead atoms. The zero-order chi connectivity index (χ0) is 12.1. The molecule has 0 aromatic rings. The first-order valence-electron chi connectivity index (χ1n) is 7.51. The Morgan fingerprint density at radius 2 is 1.19 bits per heavy atom. The van der Waals surface area contributed by atoms with Gasteiger partial charge >= 0.3 is 0 Å². The monoisotopic (exact) mass is 227 g/mol. The summed E-state index contributed by atoms with van der Waals surface area (Å²) in [6.45, 7) is 5.40. The fourth-order valence-electron chi connectivity index (χ4n) is 2.10. The Morgan fingerprint density at radius 3 is 1.62 bits per heavy atom. The predicted molar refractivity (Wildman–Crippen MR) is 74.7 cm³/mol. The molecule has 0 aliphatic carbocycles. The lowest BCUT2D eigenvalue weighted by Gasteiger charge is -2.07. The summed E-state index contributed by atoms with van der Waals surface area (Å²) in [4.78, 5) is 0. The molecule has 1 atom stereocenters. The predicted octanol–water partition coefficient (Wildman–Crippen LogP) is 4.89. The molecule has 0 fully saturated rings. The summed E-state index contributed by atoms with van der Waals surface area (Å²) in [6, 6.07) is 0. The summed E-state index contributed by atoms with van der Waals surface area (Å²) in [5.74, 6) is 0.731. The minimum Gasteiger partial charge on any atom is -0.330 e. The average Bonchev–Trinajstić information content (AvgIpc) is 2.31. The summed E-state index contributed by atoms with van der Waals surface area (Å²) in [6.07, 6.45) is 15.6. The van der Waals surface area contributed by atoms with Gasteiger partial charge in [-0.25, -0.2) is 0 Å². The van der Waals surface area contributed by atoms with Crippen LogP contribution in [0.5, 0.6) is 0 Å². The number of rotatable bonds is 12. The van der Waals surface area contributed by atoms with Crippen molar-refractivity contribution in [1.29, 1.82) is 0 Å². The number of hydrogen-bond donors (Lipinski definition) is 1. The van der Waals surface area contributed by atoms with Crippen LogP contribution in [0.15, 0.2) is 0 Å². The van der Waals surface area contributed by atoms with E-state index in [4.69, 9.17) is 5.73 Å². The summed E-state index contributed by atoms with van der Waals surface area (Å²) in [5, 5.41) is 0. The maximum Gasteiger partial charge on any atom is -0.00515 e. The van der Waals surface area contributed by atoms with Crippen molar-refractivity contribution in [2.75, 3.05) is 6.54 Å². The average molecular weight is 227 g/mol. The van der Waals surface area contributed by atoms with Gasteiger partial charge in [-0.05, 0) is 18.9 Å². The van der Waals surface area contributed by atoms with Crippen LogP contribution in [0.25, 0.3) is 0 Å². The Bertz CT molecular complexity index is 123. The maximum absolute atomic E-state index is 5.59. The van der Waals surface area contributed by atoms with Crippen LogP contribution in [-0.2, 0) is 0 Å². The van der Waals surface area contributed by atoms with Crippen LogP contribution in [-0.4, -0.2) is 6.54 Å². The minimum absolute atomic E-state index is 0.731. The molecule has 0 saturated carbocycles. The van der Waals surface area contributed by atoms with Gasteiger partial charge in [-0.15, -0.1) is 0 Å². The SMILES string of the molecule is CCCCCCCCCCCCC(C)CN. The van der Waals surface area contributed by atoms with E-state index in [9.17, 15) is 0 Å². The van der Waals surface area contributed by atoms with Crippen molar-refractivity contribution >= 4 is 0 Å². The van der Waals surface area contributed by atoms with E-state index in [0.29, 0.717) is 0 Å². The molecule has 0 aliphatic rings. The summed E-state index contributed by atoms with van der Waals surface area (Å²) < 4.78 is 0. The molecular weight excluding hydrogens is 194 g/mol. The second-order valence-electron chi connectivity index (χ2n) is 5.31. The molecule has 1 unspecified atom stereocenters. The fourth-order valence-corrected chi connectivity index (χ4v) is 2.10. The summed E-state index contributed by atoms with van der Waals surface area (Å²) >= 11 is 0. The minimum atomic E-state index is 0.731. The Kier molecular flexibility index (Phi) is 13.0. The van der Waals surface area contributed by atoms with Gasteiger partial charge in [-0.1, -0.05) is 78.1 Å². The number of hydrogen-bond acceptors (Lipinski definition) is 1. The molecule has 0 heterocycles. The first-order valence-corrected chi connectivity index (χ1v) is 7.51. The third kappa shape index (κ3) is 12.0. The molecule has 1 nitrogen and oxygen atoms in total. The molecule has 2 N–H and O–H groups in total. The molecule has 0 spiro atoms. The van der Waals surface area contributed by atoms with Crippen LogP contribution < -0.4 is 5.73 Å². The van der Waals surface area contributed by atoms with Gasteiger partial charge in [0.15, 0.2) is 0 Å². The summed E-state index contributed by atoms with van der Waals surface area (Å²) in [5.41, 5.74) is 5.59. The third-order valence-electron chi connectivity index (χ3n) is 3.45. The van der Waals surface area contributed by atoms with Gasteiger partial charge in [0.25, 0.3) is 0 Å². The lowest BCUT2D eigenvalue weighted by molar-refractivity contribution is 0.486. The normalized spacial score (nSPS) is 12.9. The van der Waals surface area contributed by atoms with E-state index in [1.807, 2.05) is 0 Å². The zero-order valence-corrected chi connectivity index (χ0v) is 11.6. The molecule has 0 aliphatic heterocycles. The lowest BCUT2D eigenvalue weighted by atomic mass is 10.0. The Balaban J connectivity index is 2.93. The van der Waals surface area contributed by atoms with Crippen molar-refractivity contribution in [3.05, 3.63) is 0 Å². The van der Waals surface area contributed by atoms with Crippen molar-refractivity contribution in [2.45, 2.75) is 84.5 Å². The zero-order valence-electron chi connectivity index (χ0n) is 11.6. The number of nitrogens with two attached hydrogens (primary N) is 1. The molecule has 0 aromatic heterocycles. The first-order chi connectivity index (χ1) is 7.81. The Morgan fingerprint density at radius 1 is 0.750 bits per heavy atom. The van der Waals surface area contributed by atoms with E-state index in [1.54, 1.807) is 0 Å². The van der Waals surface area contributed by atoms with E-state index in [2.05, 4.69) is 13.8 Å².